The number of rotatable bonds is 4. The van der Waals surface area contributed by atoms with E-state index in [0.717, 1.165) is 9.79 Å². The van der Waals surface area contributed by atoms with Gasteiger partial charge in [0.25, 0.3) is 0 Å². The third-order valence-corrected chi connectivity index (χ3v) is 7.67. The maximum atomic E-state index is 9.04. The number of aromatic nitrogens is 1. The Morgan fingerprint density at radius 2 is 2.05 bits per heavy atom. The van der Waals surface area contributed by atoms with Gasteiger partial charge in [-0.1, -0.05) is 60.6 Å². The zero-order valence-corrected chi connectivity index (χ0v) is 15.0. The molecular weight excluding hydrogens is 355 g/mol. The summed E-state index contributed by atoms with van der Waals surface area (Å²) in [6.07, 6.45) is 0. The molecule has 1 atom stereocenters. The molecule has 1 aromatic heterocycles. The highest BCUT2D eigenvalue weighted by Gasteiger charge is 2.45. The van der Waals surface area contributed by atoms with E-state index in [0.29, 0.717) is 22.0 Å². The zero-order valence-electron chi connectivity index (χ0n) is 11.1. The first-order valence-corrected chi connectivity index (χ1v) is 9.18. The van der Waals surface area contributed by atoms with E-state index in [9.17, 15) is 0 Å². The molecule has 2 heterocycles. The Morgan fingerprint density at radius 3 is 2.60 bits per heavy atom. The van der Waals surface area contributed by atoms with Crippen molar-refractivity contribution < 1.29 is 4.74 Å². The molecular formula is C12H12Cl2N2OS3. The average Bonchev–Trinajstić information content (AvgIpc) is 2.73. The van der Waals surface area contributed by atoms with E-state index in [4.69, 9.17) is 33.2 Å². The predicted molar refractivity (Wildman–Crippen MR) is 87.8 cm³/mol. The van der Waals surface area contributed by atoms with Crippen molar-refractivity contribution in [2.75, 3.05) is 6.61 Å². The van der Waals surface area contributed by atoms with Crippen LogP contribution in [0.2, 0.25) is 10.2 Å². The summed E-state index contributed by atoms with van der Waals surface area (Å²) in [7, 11) is 0. The summed E-state index contributed by atoms with van der Waals surface area (Å²) in [5.41, 5.74) is 0.158. The lowest BCUT2D eigenvalue weighted by molar-refractivity contribution is 0.159. The van der Waals surface area contributed by atoms with Crippen molar-refractivity contribution in [2.45, 2.75) is 39.4 Å². The Bertz CT molecular complexity index is 577. The summed E-state index contributed by atoms with van der Waals surface area (Å²) >= 11 is 17.1. The largest absolute Gasteiger partial charge is 0.346 e. The molecule has 0 N–H and O–H groups in total. The zero-order chi connectivity index (χ0) is 14.9. The molecule has 3 nitrogen and oxygen atoms in total. The van der Waals surface area contributed by atoms with Crippen molar-refractivity contribution in [1.82, 2.24) is 4.98 Å². The number of fused-ring (bicyclic) bond motifs is 1. The molecule has 0 spiro atoms. The van der Waals surface area contributed by atoms with Gasteiger partial charge in [0.1, 0.15) is 11.2 Å². The van der Waals surface area contributed by atoms with E-state index in [1.165, 1.54) is 23.5 Å². The summed E-state index contributed by atoms with van der Waals surface area (Å²) in [5.74, 6) is 0. The fourth-order valence-electron chi connectivity index (χ4n) is 1.63. The van der Waals surface area contributed by atoms with E-state index < -0.39 is 3.60 Å². The van der Waals surface area contributed by atoms with Crippen molar-refractivity contribution in [3.05, 3.63) is 15.9 Å². The lowest BCUT2D eigenvalue weighted by Crippen LogP contribution is -2.19. The number of halogens is 2. The van der Waals surface area contributed by atoms with E-state index >= 15 is 0 Å². The highest BCUT2D eigenvalue weighted by atomic mass is 35.5. The standard InChI is InChI=1S/C12H12Cl2N2OS3/c1-4-17-12(18-6(2)3)19-9-8(13)7(5-15)16-11(14)10(9)20-12/h6H,4H2,1-3H3. The molecule has 0 saturated carbocycles. The Hall–Kier alpha value is 0.230. The fourth-order valence-corrected chi connectivity index (χ4v) is 7.60. The molecule has 1 aliphatic heterocycles. The van der Waals surface area contributed by atoms with Gasteiger partial charge in [0, 0.05) is 11.9 Å². The van der Waals surface area contributed by atoms with Gasteiger partial charge >= 0.3 is 0 Å². The van der Waals surface area contributed by atoms with Crippen LogP contribution in [0.4, 0.5) is 0 Å². The van der Waals surface area contributed by atoms with Crippen molar-refractivity contribution in [1.29, 1.82) is 5.26 Å². The molecule has 0 amide bonds. The highest BCUT2D eigenvalue weighted by molar-refractivity contribution is 8.35. The maximum absolute atomic E-state index is 9.04. The van der Waals surface area contributed by atoms with Gasteiger partial charge in [-0.2, -0.15) is 5.26 Å². The van der Waals surface area contributed by atoms with Crippen molar-refractivity contribution in [2.24, 2.45) is 0 Å². The van der Waals surface area contributed by atoms with Crippen molar-refractivity contribution in [3.8, 4) is 6.07 Å². The van der Waals surface area contributed by atoms with Crippen LogP contribution in [0, 0.1) is 11.3 Å². The van der Waals surface area contributed by atoms with Crippen LogP contribution >= 0.6 is 58.5 Å². The van der Waals surface area contributed by atoms with Crippen LogP contribution in [0.5, 0.6) is 0 Å². The molecule has 0 fully saturated rings. The van der Waals surface area contributed by atoms with Gasteiger partial charge in [-0.15, -0.1) is 11.8 Å². The summed E-state index contributed by atoms with van der Waals surface area (Å²) < 4.78 is 5.41. The van der Waals surface area contributed by atoms with Crippen LogP contribution in [0.3, 0.4) is 0 Å². The SMILES string of the molecule is CCOC1(SC(C)C)Sc2c(Cl)nc(C#N)c(Cl)c2S1. The van der Waals surface area contributed by atoms with Crippen LogP contribution in [0.15, 0.2) is 9.79 Å². The number of nitrogens with zero attached hydrogens (tertiary/aromatic N) is 2. The van der Waals surface area contributed by atoms with Gasteiger partial charge in [0.15, 0.2) is 5.69 Å². The first-order chi connectivity index (χ1) is 9.42. The van der Waals surface area contributed by atoms with Crippen LogP contribution in [0.1, 0.15) is 26.5 Å². The molecule has 0 aliphatic carbocycles. The fraction of sp³-hybridized carbons (Fsp3) is 0.500. The van der Waals surface area contributed by atoms with Gasteiger partial charge in [-0.05, 0) is 6.92 Å². The first kappa shape index (κ1) is 16.6. The highest BCUT2D eigenvalue weighted by Crippen LogP contribution is 2.65. The lowest BCUT2D eigenvalue weighted by atomic mass is 10.4. The molecule has 0 saturated heterocycles. The monoisotopic (exact) mass is 366 g/mol. The lowest BCUT2D eigenvalue weighted by Gasteiger charge is -2.27. The summed E-state index contributed by atoms with van der Waals surface area (Å²) in [6, 6.07) is 1.97. The molecule has 8 heteroatoms. The maximum Gasteiger partial charge on any atom is 0.218 e. The molecule has 20 heavy (non-hydrogen) atoms. The minimum absolute atomic E-state index is 0.158. The van der Waals surface area contributed by atoms with Crippen LogP contribution < -0.4 is 0 Å². The van der Waals surface area contributed by atoms with E-state index in [-0.39, 0.29) is 5.69 Å². The van der Waals surface area contributed by atoms with Crippen molar-refractivity contribution >= 4 is 58.5 Å². The number of pyridine rings is 1. The summed E-state index contributed by atoms with van der Waals surface area (Å²) in [4.78, 5) is 5.62. The molecule has 0 radical (unpaired) electrons. The molecule has 1 aromatic rings. The average molecular weight is 367 g/mol. The predicted octanol–water partition coefficient (Wildman–Crippen LogP) is 5.25. The van der Waals surface area contributed by atoms with Crippen LogP contribution in [0.25, 0.3) is 0 Å². The molecule has 0 bridgehead atoms. The Morgan fingerprint density at radius 1 is 1.40 bits per heavy atom. The Balaban J connectivity index is 2.45. The number of hydrogen-bond acceptors (Lipinski definition) is 6. The molecule has 2 rings (SSSR count). The Kier molecular flexibility index (Phi) is 5.44. The van der Waals surface area contributed by atoms with E-state index in [1.807, 2.05) is 13.0 Å². The minimum Gasteiger partial charge on any atom is -0.346 e. The van der Waals surface area contributed by atoms with E-state index in [1.54, 1.807) is 11.8 Å². The minimum atomic E-state index is -0.520. The molecule has 1 unspecified atom stereocenters. The second kappa shape index (κ2) is 6.55. The van der Waals surface area contributed by atoms with Gasteiger partial charge < -0.3 is 4.74 Å². The third-order valence-electron chi connectivity index (χ3n) is 2.27. The summed E-state index contributed by atoms with van der Waals surface area (Å²) in [6.45, 7) is 6.76. The number of hydrogen-bond donors (Lipinski definition) is 0. The molecule has 1 aliphatic rings. The molecule has 0 aromatic carbocycles. The molecule has 108 valence electrons. The van der Waals surface area contributed by atoms with Gasteiger partial charge in [0.2, 0.25) is 3.60 Å². The van der Waals surface area contributed by atoms with Crippen LogP contribution in [-0.4, -0.2) is 20.4 Å². The quantitative estimate of drug-likeness (QED) is 0.535. The van der Waals surface area contributed by atoms with Gasteiger partial charge in [-0.25, -0.2) is 4.98 Å². The topological polar surface area (TPSA) is 45.9 Å². The summed E-state index contributed by atoms with van der Waals surface area (Å²) in [5, 5.41) is 10.1. The van der Waals surface area contributed by atoms with E-state index in [2.05, 4.69) is 18.8 Å². The smallest absolute Gasteiger partial charge is 0.218 e. The third kappa shape index (κ3) is 3.18. The van der Waals surface area contributed by atoms with Gasteiger partial charge in [0.05, 0.1) is 14.8 Å². The Labute approximate surface area is 141 Å². The first-order valence-electron chi connectivity index (χ1n) is 5.91. The number of nitriles is 1. The normalized spacial score (nSPS) is 21.1. The second-order valence-electron chi connectivity index (χ2n) is 4.14. The van der Waals surface area contributed by atoms with Crippen molar-refractivity contribution in [3.63, 3.8) is 0 Å². The number of ether oxygens (including phenoxy) is 1. The van der Waals surface area contributed by atoms with Gasteiger partial charge in [-0.3, -0.25) is 0 Å². The van der Waals surface area contributed by atoms with Crippen LogP contribution in [-0.2, 0) is 4.74 Å². The second-order valence-corrected chi connectivity index (χ2v) is 9.78. The number of thioether (sulfide) groups is 3.